The average Bonchev–Trinajstić information content (AvgIpc) is 3.26. The number of aromatic nitrogens is 2. The Morgan fingerprint density at radius 2 is 1.74 bits per heavy atom. The largest absolute Gasteiger partial charge is 0.368 e. The van der Waals surface area contributed by atoms with Crippen LogP contribution in [0.3, 0.4) is 0 Å². The molecule has 2 aliphatic rings. The lowest BCUT2D eigenvalue weighted by Crippen LogP contribution is -2.46. The minimum absolute atomic E-state index is 0.153. The van der Waals surface area contributed by atoms with Crippen LogP contribution in [0.4, 0.5) is 5.69 Å². The van der Waals surface area contributed by atoms with E-state index in [-0.39, 0.29) is 5.56 Å². The van der Waals surface area contributed by atoms with Crippen molar-refractivity contribution in [2.45, 2.75) is 32.4 Å². The summed E-state index contributed by atoms with van der Waals surface area (Å²) in [6, 6.07) is 15.3. The quantitative estimate of drug-likeness (QED) is 0.382. The normalized spacial score (nSPS) is 17.3. The third kappa shape index (κ3) is 4.48. The first kappa shape index (κ1) is 22.7. The fourth-order valence-electron chi connectivity index (χ4n) is 5.62. The van der Waals surface area contributed by atoms with Crippen LogP contribution in [0, 0.1) is 0 Å². The van der Waals surface area contributed by atoms with E-state index in [0.717, 1.165) is 81.8 Å². The monoisotopic (exact) mass is 487 g/mol. The molecule has 1 fully saturated rings. The van der Waals surface area contributed by atoms with Gasteiger partial charge in [-0.15, -0.1) is 11.3 Å². The summed E-state index contributed by atoms with van der Waals surface area (Å²) in [6.45, 7) is 8.10. The van der Waals surface area contributed by atoms with Gasteiger partial charge in [0.1, 0.15) is 4.83 Å². The second-order valence-corrected chi connectivity index (χ2v) is 11.0. The van der Waals surface area contributed by atoms with E-state index in [4.69, 9.17) is 0 Å². The number of aryl methyl sites for hydroxylation is 1. The Morgan fingerprint density at radius 3 is 2.63 bits per heavy atom. The molecule has 0 bridgehead atoms. The van der Waals surface area contributed by atoms with Crippen LogP contribution in [-0.2, 0) is 19.5 Å². The number of likely N-dealkylation sites (N-methyl/N-ethyl adjacent to an activating group) is 1. The minimum Gasteiger partial charge on any atom is -0.368 e. The van der Waals surface area contributed by atoms with Crippen molar-refractivity contribution in [3.05, 3.63) is 69.6 Å². The van der Waals surface area contributed by atoms with Crippen molar-refractivity contribution in [2.24, 2.45) is 0 Å². The van der Waals surface area contributed by atoms with Crippen molar-refractivity contribution in [2.75, 3.05) is 51.2 Å². The van der Waals surface area contributed by atoms with E-state index in [1.807, 2.05) is 4.57 Å². The fraction of sp³-hybridized carbons (Fsp3) is 0.429. The van der Waals surface area contributed by atoms with Crippen molar-refractivity contribution < 1.29 is 0 Å². The Labute approximate surface area is 210 Å². The first-order valence-corrected chi connectivity index (χ1v) is 13.6. The van der Waals surface area contributed by atoms with E-state index in [9.17, 15) is 4.79 Å². The SMILES string of the molecule is CN1CCc2c(sc3ncn(CCCCN4CCN(c5cccc6ccccc56)CC4)c(=O)c23)C1. The molecular formula is C28H33N5OS. The first-order valence-electron chi connectivity index (χ1n) is 12.8. The third-order valence-electron chi connectivity index (χ3n) is 7.62. The molecule has 2 aromatic carbocycles. The molecule has 2 aliphatic heterocycles. The Hall–Kier alpha value is -2.74. The maximum absolute atomic E-state index is 13.2. The van der Waals surface area contributed by atoms with Crippen LogP contribution in [0.2, 0.25) is 0 Å². The molecular weight excluding hydrogens is 454 g/mol. The number of fused-ring (bicyclic) bond motifs is 4. The van der Waals surface area contributed by atoms with Gasteiger partial charge in [-0.1, -0.05) is 36.4 Å². The topological polar surface area (TPSA) is 44.6 Å². The van der Waals surface area contributed by atoms with E-state index >= 15 is 0 Å². The van der Waals surface area contributed by atoms with Crippen LogP contribution in [0.5, 0.6) is 0 Å². The van der Waals surface area contributed by atoms with Gasteiger partial charge in [0, 0.05) is 61.8 Å². The second-order valence-electron chi connectivity index (χ2n) is 9.95. The molecule has 0 atom stereocenters. The molecule has 1 saturated heterocycles. The van der Waals surface area contributed by atoms with E-state index in [2.05, 4.69) is 69.2 Å². The third-order valence-corrected chi connectivity index (χ3v) is 8.75. The predicted molar refractivity (Wildman–Crippen MR) is 146 cm³/mol. The summed E-state index contributed by atoms with van der Waals surface area (Å²) < 4.78 is 1.84. The molecule has 6 rings (SSSR count). The Bertz CT molecular complexity index is 1400. The van der Waals surface area contributed by atoms with Crippen LogP contribution in [0.1, 0.15) is 23.3 Å². The van der Waals surface area contributed by atoms with Crippen LogP contribution in [-0.4, -0.2) is 65.7 Å². The van der Waals surface area contributed by atoms with Gasteiger partial charge in [-0.2, -0.15) is 0 Å². The summed E-state index contributed by atoms with van der Waals surface area (Å²) in [5.41, 5.74) is 2.76. The van der Waals surface area contributed by atoms with Gasteiger partial charge >= 0.3 is 0 Å². The van der Waals surface area contributed by atoms with E-state index in [1.54, 1.807) is 17.7 Å². The maximum Gasteiger partial charge on any atom is 0.262 e. The van der Waals surface area contributed by atoms with Crippen molar-refractivity contribution in [1.29, 1.82) is 0 Å². The van der Waals surface area contributed by atoms with Crippen molar-refractivity contribution in [1.82, 2.24) is 19.4 Å². The Kier molecular flexibility index (Phi) is 6.31. The zero-order valence-corrected chi connectivity index (χ0v) is 21.3. The number of thiophene rings is 1. The maximum atomic E-state index is 13.2. The molecule has 0 amide bonds. The average molecular weight is 488 g/mol. The number of piperazine rings is 1. The van der Waals surface area contributed by atoms with Crippen molar-refractivity contribution >= 4 is 38.0 Å². The molecule has 182 valence electrons. The van der Waals surface area contributed by atoms with Gasteiger partial charge in [-0.3, -0.25) is 14.3 Å². The van der Waals surface area contributed by atoms with Crippen LogP contribution >= 0.6 is 11.3 Å². The number of hydrogen-bond acceptors (Lipinski definition) is 6. The summed E-state index contributed by atoms with van der Waals surface area (Å²) in [5, 5.41) is 3.54. The zero-order valence-electron chi connectivity index (χ0n) is 20.4. The van der Waals surface area contributed by atoms with Gasteiger partial charge in [0.05, 0.1) is 11.7 Å². The molecule has 0 saturated carbocycles. The Morgan fingerprint density at radius 1 is 0.943 bits per heavy atom. The lowest BCUT2D eigenvalue weighted by Gasteiger charge is -2.36. The lowest BCUT2D eigenvalue weighted by molar-refractivity contribution is 0.251. The van der Waals surface area contributed by atoms with Crippen LogP contribution in [0.25, 0.3) is 21.0 Å². The first-order chi connectivity index (χ1) is 17.2. The number of unbranched alkanes of at least 4 members (excludes halogenated alkanes) is 1. The van der Waals surface area contributed by atoms with Gasteiger partial charge in [-0.05, 0) is 49.9 Å². The molecule has 0 radical (unpaired) electrons. The van der Waals surface area contributed by atoms with E-state index in [0.29, 0.717) is 0 Å². The van der Waals surface area contributed by atoms with Crippen LogP contribution < -0.4 is 10.5 Å². The van der Waals surface area contributed by atoms with Gasteiger partial charge in [-0.25, -0.2) is 4.98 Å². The summed E-state index contributed by atoms with van der Waals surface area (Å²) >= 11 is 1.70. The summed E-state index contributed by atoms with van der Waals surface area (Å²) in [6.07, 6.45) is 4.83. The molecule has 4 aromatic rings. The predicted octanol–water partition coefficient (Wildman–Crippen LogP) is 4.20. The van der Waals surface area contributed by atoms with E-state index in [1.165, 1.54) is 26.9 Å². The highest BCUT2D eigenvalue weighted by Gasteiger charge is 2.22. The molecule has 2 aromatic heterocycles. The molecule has 0 spiro atoms. The van der Waals surface area contributed by atoms with Gasteiger partial charge in [0.15, 0.2) is 0 Å². The Balaban J connectivity index is 1.03. The fourth-order valence-corrected chi connectivity index (χ4v) is 6.88. The summed E-state index contributed by atoms with van der Waals surface area (Å²) in [7, 11) is 2.14. The highest BCUT2D eigenvalue weighted by atomic mass is 32.1. The van der Waals surface area contributed by atoms with Gasteiger partial charge < -0.3 is 9.80 Å². The highest BCUT2D eigenvalue weighted by Crippen LogP contribution is 2.32. The van der Waals surface area contributed by atoms with Gasteiger partial charge in [0.2, 0.25) is 0 Å². The number of benzene rings is 2. The standard InChI is InChI=1S/C28H33N5OS/c1-30-14-11-23-25(19-30)35-27-26(23)28(34)33(20-29-27)13-5-4-12-31-15-17-32(18-16-31)24-10-6-8-21-7-2-3-9-22(21)24/h2-3,6-10,20H,4-5,11-19H2,1H3. The number of anilines is 1. The van der Waals surface area contributed by atoms with Crippen molar-refractivity contribution in [3.8, 4) is 0 Å². The number of nitrogens with zero attached hydrogens (tertiary/aromatic N) is 5. The highest BCUT2D eigenvalue weighted by molar-refractivity contribution is 7.18. The lowest BCUT2D eigenvalue weighted by atomic mass is 10.1. The molecule has 0 unspecified atom stereocenters. The number of hydrogen-bond donors (Lipinski definition) is 0. The van der Waals surface area contributed by atoms with E-state index < -0.39 is 0 Å². The van der Waals surface area contributed by atoms with Gasteiger partial charge in [0.25, 0.3) is 5.56 Å². The second kappa shape index (κ2) is 9.72. The molecule has 35 heavy (non-hydrogen) atoms. The molecule has 0 aliphatic carbocycles. The number of rotatable bonds is 6. The zero-order chi connectivity index (χ0) is 23.8. The van der Waals surface area contributed by atoms with Crippen LogP contribution in [0.15, 0.2) is 53.6 Å². The summed E-state index contributed by atoms with van der Waals surface area (Å²) in [4.78, 5) is 27.5. The molecule has 6 nitrogen and oxygen atoms in total. The minimum atomic E-state index is 0.153. The van der Waals surface area contributed by atoms with Crippen molar-refractivity contribution in [3.63, 3.8) is 0 Å². The molecule has 4 heterocycles. The molecule has 7 heteroatoms. The smallest absolute Gasteiger partial charge is 0.262 e. The molecule has 0 N–H and O–H groups in total. The summed E-state index contributed by atoms with van der Waals surface area (Å²) in [5.74, 6) is 0.